The van der Waals surface area contributed by atoms with Gasteiger partial charge in [-0.05, 0) is 25.0 Å². The van der Waals surface area contributed by atoms with E-state index in [1.165, 1.54) is 6.42 Å². The normalized spacial score (nSPS) is 43.0. The van der Waals surface area contributed by atoms with E-state index in [4.69, 9.17) is 0 Å². The van der Waals surface area contributed by atoms with E-state index in [-0.39, 0.29) is 5.25 Å². The lowest BCUT2D eigenvalue weighted by Crippen LogP contribution is -2.27. The van der Waals surface area contributed by atoms with Crippen LogP contribution in [-0.4, -0.2) is 30.9 Å². The Morgan fingerprint density at radius 2 is 1.92 bits per heavy atom. The highest BCUT2D eigenvalue weighted by atomic mass is 32.2. The fraction of sp³-hybridized carbons (Fsp3) is 1.00. The zero-order valence-electron chi connectivity index (χ0n) is 7.90. The van der Waals surface area contributed by atoms with E-state index in [1.54, 1.807) is 11.8 Å². The molecule has 2 fully saturated rings. The van der Waals surface area contributed by atoms with Gasteiger partial charge in [-0.25, -0.2) is 8.42 Å². The van der Waals surface area contributed by atoms with E-state index >= 15 is 0 Å². The molecule has 1 aliphatic heterocycles. The molecule has 1 saturated carbocycles. The summed E-state index contributed by atoms with van der Waals surface area (Å²) in [6.45, 7) is 0. The predicted octanol–water partition coefficient (Wildman–Crippen LogP) is 1.71. The molecule has 0 aromatic carbocycles. The van der Waals surface area contributed by atoms with Crippen LogP contribution < -0.4 is 0 Å². The Kier molecular flexibility index (Phi) is 2.62. The Balaban J connectivity index is 2.25. The fourth-order valence-electron chi connectivity index (χ4n) is 2.72. The van der Waals surface area contributed by atoms with Crippen molar-refractivity contribution in [1.29, 1.82) is 0 Å². The molecule has 0 amide bonds. The quantitative estimate of drug-likeness (QED) is 0.674. The van der Waals surface area contributed by atoms with Crippen molar-refractivity contribution < 1.29 is 8.42 Å². The van der Waals surface area contributed by atoms with Crippen molar-refractivity contribution in [2.75, 3.05) is 12.0 Å². The first-order valence-corrected chi connectivity index (χ1v) is 7.90. The molecular formula is C9H16O2S2. The van der Waals surface area contributed by atoms with Crippen LogP contribution in [0.2, 0.25) is 0 Å². The van der Waals surface area contributed by atoms with Crippen LogP contribution in [0.5, 0.6) is 0 Å². The number of thioether (sulfide) groups is 1. The van der Waals surface area contributed by atoms with Crippen LogP contribution in [0.3, 0.4) is 0 Å². The van der Waals surface area contributed by atoms with Crippen LogP contribution in [0.15, 0.2) is 0 Å². The molecule has 2 rings (SSSR count). The summed E-state index contributed by atoms with van der Waals surface area (Å²) in [5.74, 6) is 0.900. The van der Waals surface area contributed by atoms with Crippen LogP contribution in [-0.2, 0) is 9.84 Å². The van der Waals surface area contributed by atoms with Crippen molar-refractivity contribution in [2.45, 2.75) is 36.2 Å². The van der Waals surface area contributed by atoms with E-state index < -0.39 is 9.84 Å². The van der Waals surface area contributed by atoms with Crippen molar-refractivity contribution in [3.05, 3.63) is 0 Å². The van der Waals surface area contributed by atoms with Gasteiger partial charge in [0.2, 0.25) is 0 Å². The van der Waals surface area contributed by atoms with Gasteiger partial charge in [-0.15, -0.1) is 0 Å². The topological polar surface area (TPSA) is 34.1 Å². The van der Waals surface area contributed by atoms with E-state index in [0.29, 0.717) is 16.9 Å². The highest BCUT2D eigenvalue weighted by molar-refractivity contribution is 8.01. The minimum absolute atomic E-state index is 0.0127. The Labute approximate surface area is 84.4 Å². The molecule has 76 valence electrons. The minimum Gasteiger partial charge on any atom is -0.228 e. The highest BCUT2D eigenvalue weighted by Crippen LogP contribution is 2.42. The first kappa shape index (κ1) is 9.84. The average Bonchev–Trinajstić information content (AvgIpc) is 2.39. The van der Waals surface area contributed by atoms with Gasteiger partial charge >= 0.3 is 0 Å². The number of rotatable bonds is 1. The molecular weight excluding hydrogens is 204 g/mol. The van der Waals surface area contributed by atoms with Crippen LogP contribution >= 0.6 is 11.8 Å². The minimum atomic E-state index is -2.73. The van der Waals surface area contributed by atoms with E-state index in [9.17, 15) is 8.42 Å². The van der Waals surface area contributed by atoms with Crippen LogP contribution in [0.1, 0.15) is 25.7 Å². The molecule has 1 aliphatic carbocycles. The maximum absolute atomic E-state index is 11.8. The molecule has 0 N–H and O–H groups in total. The molecule has 0 bridgehead atoms. The summed E-state index contributed by atoms with van der Waals surface area (Å²) in [4.78, 5) is 0. The van der Waals surface area contributed by atoms with Gasteiger partial charge in [-0.3, -0.25) is 0 Å². The van der Waals surface area contributed by atoms with Gasteiger partial charge in [-0.2, -0.15) is 11.8 Å². The number of hydrogen-bond donors (Lipinski definition) is 0. The van der Waals surface area contributed by atoms with Gasteiger partial charge in [0.1, 0.15) is 0 Å². The van der Waals surface area contributed by atoms with Crippen LogP contribution in [0.25, 0.3) is 0 Å². The van der Waals surface area contributed by atoms with Crippen molar-refractivity contribution in [3.8, 4) is 0 Å². The number of hydrogen-bond acceptors (Lipinski definition) is 3. The highest BCUT2D eigenvalue weighted by Gasteiger charge is 2.47. The monoisotopic (exact) mass is 220 g/mol. The zero-order chi connectivity index (χ0) is 9.47. The first-order valence-electron chi connectivity index (χ1n) is 4.89. The summed E-state index contributed by atoms with van der Waals surface area (Å²) in [5, 5.41) is 0.397. The first-order chi connectivity index (χ1) is 6.15. The molecule has 0 radical (unpaired) electrons. The second kappa shape index (κ2) is 3.46. The van der Waals surface area contributed by atoms with Gasteiger partial charge in [0.05, 0.1) is 11.0 Å². The number of fused-ring (bicyclic) bond motifs is 1. The molecule has 2 nitrogen and oxygen atoms in total. The van der Waals surface area contributed by atoms with E-state index in [1.807, 2.05) is 6.26 Å². The SMILES string of the molecule is CSC1CS(=O)(=O)C2CCCCC12. The molecule has 4 heteroatoms. The maximum atomic E-state index is 11.8. The van der Waals surface area contributed by atoms with Crippen molar-refractivity contribution >= 4 is 21.6 Å². The fourth-order valence-corrected chi connectivity index (χ4v) is 6.94. The molecule has 1 heterocycles. The van der Waals surface area contributed by atoms with Crippen molar-refractivity contribution in [2.24, 2.45) is 5.92 Å². The molecule has 2 aliphatic rings. The lowest BCUT2D eigenvalue weighted by Gasteiger charge is -2.26. The summed E-state index contributed by atoms with van der Waals surface area (Å²) >= 11 is 1.74. The third kappa shape index (κ3) is 1.63. The summed E-state index contributed by atoms with van der Waals surface area (Å²) < 4.78 is 23.5. The zero-order valence-corrected chi connectivity index (χ0v) is 9.53. The Hall–Kier alpha value is 0.300. The van der Waals surface area contributed by atoms with Gasteiger partial charge < -0.3 is 0 Å². The summed E-state index contributed by atoms with van der Waals surface area (Å²) in [5.41, 5.74) is 0. The second-order valence-corrected chi connectivity index (χ2v) is 7.43. The lowest BCUT2D eigenvalue weighted by atomic mass is 9.87. The molecule has 0 aromatic rings. The average molecular weight is 220 g/mol. The molecule has 3 atom stereocenters. The van der Waals surface area contributed by atoms with Gasteiger partial charge in [0.15, 0.2) is 9.84 Å². The Bertz CT molecular complexity index is 284. The maximum Gasteiger partial charge on any atom is 0.154 e. The summed E-state index contributed by atoms with van der Waals surface area (Å²) in [6, 6.07) is 0. The Morgan fingerprint density at radius 3 is 2.62 bits per heavy atom. The smallest absolute Gasteiger partial charge is 0.154 e. The molecule has 0 aromatic heterocycles. The molecule has 3 unspecified atom stereocenters. The predicted molar refractivity (Wildman–Crippen MR) is 56.8 cm³/mol. The second-order valence-electron chi connectivity index (χ2n) is 4.09. The van der Waals surface area contributed by atoms with E-state index in [0.717, 1.165) is 19.3 Å². The summed E-state index contributed by atoms with van der Waals surface area (Å²) in [7, 11) is -2.73. The van der Waals surface area contributed by atoms with Crippen LogP contribution in [0, 0.1) is 5.92 Å². The number of sulfone groups is 1. The van der Waals surface area contributed by atoms with E-state index in [2.05, 4.69) is 0 Å². The molecule has 0 spiro atoms. The van der Waals surface area contributed by atoms with Gasteiger partial charge in [0.25, 0.3) is 0 Å². The van der Waals surface area contributed by atoms with Gasteiger partial charge in [-0.1, -0.05) is 12.8 Å². The lowest BCUT2D eigenvalue weighted by molar-refractivity contribution is 0.378. The van der Waals surface area contributed by atoms with Crippen molar-refractivity contribution in [3.63, 3.8) is 0 Å². The summed E-state index contributed by atoms with van der Waals surface area (Å²) in [6.07, 6.45) is 6.44. The van der Waals surface area contributed by atoms with Crippen LogP contribution in [0.4, 0.5) is 0 Å². The third-order valence-corrected chi connectivity index (χ3v) is 7.06. The third-order valence-electron chi connectivity index (χ3n) is 3.39. The largest absolute Gasteiger partial charge is 0.228 e. The van der Waals surface area contributed by atoms with Crippen molar-refractivity contribution in [1.82, 2.24) is 0 Å². The molecule has 1 saturated heterocycles. The Morgan fingerprint density at radius 1 is 1.23 bits per heavy atom. The van der Waals surface area contributed by atoms with Gasteiger partial charge in [0, 0.05) is 5.25 Å². The molecule has 13 heavy (non-hydrogen) atoms. The standard InChI is InChI=1S/C9H16O2S2/c1-12-8-6-13(10,11)9-5-3-2-4-7(8)9/h7-9H,2-6H2,1H3.